The van der Waals surface area contributed by atoms with Gasteiger partial charge in [-0.05, 0) is 31.7 Å². The Hall–Kier alpha value is -2.18. The lowest BCUT2D eigenvalue weighted by Crippen LogP contribution is -2.40. The molecule has 1 saturated heterocycles. The Balaban J connectivity index is 2.23. The number of rotatable bonds is 5. The number of nitro groups is 1. The summed E-state index contributed by atoms with van der Waals surface area (Å²) in [5, 5.41) is 19.9. The van der Waals surface area contributed by atoms with Crippen LogP contribution in [0.5, 0.6) is 0 Å². The van der Waals surface area contributed by atoms with Crippen molar-refractivity contribution in [2.24, 2.45) is 0 Å². The zero-order valence-corrected chi connectivity index (χ0v) is 11.1. The molecular weight excluding hydrogens is 262 g/mol. The van der Waals surface area contributed by atoms with Crippen LogP contribution in [-0.4, -0.2) is 33.6 Å². The average molecular weight is 279 g/mol. The van der Waals surface area contributed by atoms with Gasteiger partial charge < -0.3 is 10.0 Å². The molecule has 20 heavy (non-hydrogen) atoms. The van der Waals surface area contributed by atoms with Gasteiger partial charge in [0.1, 0.15) is 11.9 Å². The van der Waals surface area contributed by atoms with E-state index in [1.54, 1.807) is 6.07 Å². The summed E-state index contributed by atoms with van der Waals surface area (Å²) < 4.78 is 0. The predicted octanol–water partition coefficient (Wildman–Crippen LogP) is 2.21. The first-order valence-electron chi connectivity index (χ1n) is 6.66. The lowest BCUT2D eigenvalue weighted by atomic mass is 9.97. The van der Waals surface area contributed by atoms with Crippen molar-refractivity contribution in [1.29, 1.82) is 0 Å². The highest BCUT2D eigenvalue weighted by Crippen LogP contribution is 2.33. The summed E-state index contributed by atoms with van der Waals surface area (Å²) in [5.41, 5.74) is 0.523. The van der Waals surface area contributed by atoms with Gasteiger partial charge in [-0.2, -0.15) is 0 Å². The van der Waals surface area contributed by atoms with Crippen LogP contribution >= 0.6 is 0 Å². The molecule has 1 aliphatic rings. The quantitative estimate of drug-likeness (QED) is 0.655. The van der Waals surface area contributed by atoms with Gasteiger partial charge in [0, 0.05) is 25.2 Å². The summed E-state index contributed by atoms with van der Waals surface area (Å²) >= 11 is 0. The van der Waals surface area contributed by atoms with E-state index < -0.39 is 10.9 Å². The second-order valence-corrected chi connectivity index (χ2v) is 4.90. The predicted molar refractivity (Wildman–Crippen MR) is 72.7 cm³/mol. The maximum absolute atomic E-state index is 11.1. The summed E-state index contributed by atoms with van der Waals surface area (Å²) in [6.45, 7) is 0.717. The molecule has 1 atom stereocenters. The number of carboxylic acid groups (broad SMARTS) is 1. The number of carbonyl (C=O) groups is 1. The number of aliphatic carboxylic acids is 1. The van der Waals surface area contributed by atoms with Crippen molar-refractivity contribution in [2.45, 2.75) is 38.1 Å². The van der Waals surface area contributed by atoms with Crippen molar-refractivity contribution < 1.29 is 14.8 Å². The molecule has 0 radical (unpaired) electrons. The van der Waals surface area contributed by atoms with Gasteiger partial charge >= 0.3 is 11.7 Å². The average Bonchev–Trinajstić information content (AvgIpc) is 2.45. The molecule has 0 bridgehead atoms. The van der Waals surface area contributed by atoms with Gasteiger partial charge in [-0.25, -0.2) is 0 Å². The first kappa shape index (κ1) is 14.2. The van der Waals surface area contributed by atoms with Gasteiger partial charge in [0.2, 0.25) is 0 Å². The van der Waals surface area contributed by atoms with Gasteiger partial charge in [-0.3, -0.25) is 19.9 Å². The van der Waals surface area contributed by atoms with Crippen LogP contribution in [0.4, 0.5) is 11.4 Å². The van der Waals surface area contributed by atoms with Crippen LogP contribution in [0.1, 0.15) is 32.1 Å². The van der Waals surface area contributed by atoms with Gasteiger partial charge in [0.15, 0.2) is 0 Å². The normalized spacial score (nSPS) is 18.8. The number of nitrogens with zero attached hydrogens (tertiary/aromatic N) is 3. The van der Waals surface area contributed by atoms with E-state index in [2.05, 4.69) is 4.98 Å². The Morgan fingerprint density at radius 3 is 3.05 bits per heavy atom. The van der Waals surface area contributed by atoms with Crippen LogP contribution in [0.3, 0.4) is 0 Å². The third-order valence-corrected chi connectivity index (χ3v) is 3.60. The summed E-state index contributed by atoms with van der Waals surface area (Å²) in [6, 6.07) is 1.68. The van der Waals surface area contributed by atoms with Crippen LogP contribution in [0, 0.1) is 10.1 Å². The van der Waals surface area contributed by atoms with Crippen molar-refractivity contribution in [3.8, 4) is 0 Å². The van der Waals surface area contributed by atoms with Crippen molar-refractivity contribution in [3.05, 3.63) is 28.6 Å². The van der Waals surface area contributed by atoms with E-state index >= 15 is 0 Å². The van der Waals surface area contributed by atoms with E-state index in [-0.39, 0.29) is 18.2 Å². The molecule has 7 nitrogen and oxygen atoms in total. The Morgan fingerprint density at radius 1 is 1.55 bits per heavy atom. The number of carboxylic acids is 1. The number of anilines is 1. The summed E-state index contributed by atoms with van der Waals surface area (Å²) in [4.78, 5) is 27.1. The van der Waals surface area contributed by atoms with Crippen LogP contribution in [0.25, 0.3) is 0 Å². The van der Waals surface area contributed by atoms with Crippen LogP contribution in [0.15, 0.2) is 18.5 Å². The highest BCUT2D eigenvalue weighted by Gasteiger charge is 2.28. The van der Waals surface area contributed by atoms with Gasteiger partial charge in [0.05, 0.1) is 4.92 Å². The SMILES string of the molecule is O=C(O)CCC1CCCCN1c1ccncc1[N+](=O)[O-]. The molecule has 1 aromatic heterocycles. The second-order valence-electron chi connectivity index (χ2n) is 4.90. The largest absolute Gasteiger partial charge is 0.481 e. The van der Waals surface area contributed by atoms with E-state index in [0.717, 1.165) is 25.8 Å². The number of hydrogen-bond acceptors (Lipinski definition) is 5. The molecule has 0 aromatic carbocycles. The molecular formula is C13H17N3O4. The smallest absolute Gasteiger partial charge is 0.310 e. The molecule has 2 heterocycles. The third kappa shape index (κ3) is 3.23. The van der Waals surface area contributed by atoms with Crippen molar-refractivity contribution in [3.63, 3.8) is 0 Å². The molecule has 7 heteroatoms. The fourth-order valence-electron chi connectivity index (χ4n) is 2.67. The first-order chi connectivity index (χ1) is 9.59. The van der Waals surface area contributed by atoms with E-state index in [1.807, 2.05) is 4.90 Å². The monoisotopic (exact) mass is 279 g/mol. The molecule has 1 fully saturated rings. The molecule has 0 saturated carbocycles. The topological polar surface area (TPSA) is 96.6 Å². The molecule has 1 aromatic rings. The molecule has 2 rings (SSSR count). The van der Waals surface area contributed by atoms with Crippen LogP contribution in [-0.2, 0) is 4.79 Å². The van der Waals surface area contributed by atoms with E-state index in [4.69, 9.17) is 5.11 Å². The van der Waals surface area contributed by atoms with Crippen molar-refractivity contribution >= 4 is 17.3 Å². The molecule has 108 valence electrons. The lowest BCUT2D eigenvalue weighted by molar-refractivity contribution is -0.384. The Labute approximate surface area is 116 Å². The number of aromatic nitrogens is 1. The fraction of sp³-hybridized carbons (Fsp3) is 0.538. The molecule has 0 spiro atoms. The van der Waals surface area contributed by atoms with E-state index in [0.29, 0.717) is 12.1 Å². The molecule has 0 aliphatic carbocycles. The maximum atomic E-state index is 11.1. The maximum Gasteiger partial charge on any atom is 0.310 e. The summed E-state index contributed by atoms with van der Waals surface area (Å²) in [6.07, 6.45) is 6.23. The first-order valence-corrected chi connectivity index (χ1v) is 6.66. The Bertz CT molecular complexity index is 506. The van der Waals surface area contributed by atoms with Gasteiger partial charge in [-0.15, -0.1) is 0 Å². The standard InChI is InChI=1S/C13H17N3O4/c17-13(18)5-4-10-3-1-2-8-15(10)11-6-7-14-9-12(11)16(19)20/h6-7,9-10H,1-5,8H2,(H,17,18). The van der Waals surface area contributed by atoms with Crippen molar-refractivity contribution in [1.82, 2.24) is 4.98 Å². The van der Waals surface area contributed by atoms with E-state index in [9.17, 15) is 14.9 Å². The summed E-state index contributed by atoms with van der Waals surface area (Å²) in [5.74, 6) is -0.834. The second kappa shape index (κ2) is 6.31. The van der Waals surface area contributed by atoms with Gasteiger partial charge in [0.25, 0.3) is 0 Å². The van der Waals surface area contributed by atoms with Crippen LogP contribution < -0.4 is 4.90 Å². The summed E-state index contributed by atoms with van der Waals surface area (Å²) in [7, 11) is 0. The number of hydrogen-bond donors (Lipinski definition) is 1. The van der Waals surface area contributed by atoms with E-state index in [1.165, 1.54) is 12.4 Å². The number of pyridine rings is 1. The molecule has 0 amide bonds. The fourth-order valence-corrected chi connectivity index (χ4v) is 2.67. The molecule has 1 unspecified atom stereocenters. The zero-order valence-electron chi connectivity index (χ0n) is 11.1. The number of piperidine rings is 1. The van der Waals surface area contributed by atoms with Crippen molar-refractivity contribution in [2.75, 3.05) is 11.4 Å². The molecule has 1 N–H and O–H groups in total. The zero-order chi connectivity index (χ0) is 14.5. The minimum absolute atomic E-state index is 0.0188. The third-order valence-electron chi connectivity index (χ3n) is 3.60. The minimum Gasteiger partial charge on any atom is -0.481 e. The Kier molecular flexibility index (Phi) is 4.49. The lowest BCUT2D eigenvalue weighted by Gasteiger charge is -2.37. The minimum atomic E-state index is -0.834. The van der Waals surface area contributed by atoms with Gasteiger partial charge in [-0.1, -0.05) is 0 Å². The van der Waals surface area contributed by atoms with Crippen LogP contribution in [0.2, 0.25) is 0 Å². The highest BCUT2D eigenvalue weighted by atomic mass is 16.6. The Morgan fingerprint density at radius 2 is 2.35 bits per heavy atom. The molecule has 1 aliphatic heterocycles. The highest BCUT2D eigenvalue weighted by molar-refractivity contribution is 5.67.